The number of nitrogens with zero attached hydrogens (tertiary/aromatic N) is 1. The van der Waals surface area contributed by atoms with Gasteiger partial charge in [-0.15, -0.1) is 0 Å². The number of carbonyl (C=O) groups excluding carboxylic acids is 1. The van der Waals surface area contributed by atoms with E-state index in [0.29, 0.717) is 6.54 Å². The van der Waals surface area contributed by atoms with Crippen molar-refractivity contribution in [1.29, 1.82) is 0 Å². The Labute approximate surface area is 121 Å². The van der Waals surface area contributed by atoms with Crippen LogP contribution in [0.3, 0.4) is 0 Å². The van der Waals surface area contributed by atoms with E-state index in [2.05, 4.69) is 5.32 Å². The van der Waals surface area contributed by atoms with Crippen molar-refractivity contribution in [2.75, 3.05) is 7.11 Å². The molecule has 0 aliphatic heterocycles. The summed E-state index contributed by atoms with van der Waals surface area (Å²) in [6, 6.07) is 12.9. The largest absolute Gasteiger partial charge is 0.497 e. The van der Waals surface area contributed by atoms with Gasteiger partial charge in [0.2, 0.25) is 0 Å². The van der Waals surface area contributed by atoms with Crippen LogP contribution in [0.2, 0.25) is 0 Å². The van der Waals surface area contributed by atoms with Crippen LogP contribution < -0.4 is 10.1 Å². The van der Waals surface area contributed by atoms with E-state index in [9.17, 15) is 14.9 Å². The molecule has 0 saturated heterocycles. The molecule has 0 unspecified atom stereocenters. The van der Waals surface area contributed by atoms with E-state index in [1.165, 1.54) is 24.3 Å². The van der Waals surface area contributed by atoms with Gasteiger partial charge in [-0.25, -0.2) is 0 Å². The quantitative estimate of drug-likeness (QED) is 0.676. The fraction of sp³-hybridized carbons (Fsp3) is 0.133. The number of nitro groups is 1. The second-order valence-corrected chi connectivity index (χ2v) is 4.34. The number of non-ortho nitro benzene ring substituents is 1. The van der Waals surface area contributed by atoms with Gasteiger partial charge >= 0.3 is 0 Å². The number of nitro benzene ring substituents is 1. The number of methoxy groups -OCH3 is 1. The Morgan fingerprint density at radius 2 is 1.95 bits per heavy atom. The third-order valence-electron chi connectivity index (χ3n) is 2.93. The van der Waals surface area contributed by atoms with E-state index in [-0.39, 0.29) is 17.2 Å². The number of benzene rings is 2. The molecule has 2 aromatic carbocycles. The average molecular weight is 286 g/mol. The van der Waals surface area contributed by atoms with Crippen LogP contribution in [0, 0.1) is 10.1 Å². The van der Waals surface area contributed by atoms with Crippen molar-refractivity contribution in [3.05, 3.63) is 69.8 Å². The molecule has 1 amide bonds. The van der Waals surface area contributed by atoms with Gasteiger partial charge in [0, 0.05) is 24.2 Å². The molecule has 2 rings (SSSR count). The van der Waals surface area contributed by atoms with Crippen molar-refractivity contribution >= 4 is 11.6 Å². The van der Waals surface area contributed by atoms with Crippen molar-refractivity contribution in [2.24, 2.45) is 0 Å². The summed E-state index contributed by atoms with van der Waals surface area (Å²) in [4.78, 5) is 22.1. The Morgan fingerprint density at radius 1 is 1.24 bits per heavy atom. The zero-order valence-corrected chi connectivity index (χ0v) is 11.4. The smallest absolute Gasteiger partial charge is 0.270 e. The summed E-state index contributed by atoms with van der Waals surface area (Å²) in [6.07, 6.45) is 0. The lowest BCUT2D eigenvalue weighted by molar-refractivity contribution is -0.384. The van der Waals surface area contributed by atoms with E-state index in [1.54, 1.807) is 19.2 Å². The van der Waals surface area contributed by atoms with Gasteiger partial charge in [0.1, 0.15) is 5.75 Å². The summed E-state index contributed by atoms with van der Waals surface area (Å²) in [6.45, 7) is 0.339. The summed E-state index contributed by atoms with van der Waals surface area (Å²) in [7, 11) is 1.58. The normalized spacial score (nSPS) is 9.95. The maximum Gasteiger partial charge on any atom is 0.270 e. The van der Waals surface area contributed by atoms with Crippen LogP contribution in [0.25, 0.3) is 0 Å². The Kier molecular flexibility index (Phi) is 4.50. The van der Waals surface area contributed by atoms with Gasteiger partial charge in [0.25, 0.3) is 11.6 Å². The van der Waals surface area contributed by atoms with E-state index in [1.807, 2.05) is 12.1 Å². The van der Waals surface area contributed by atoms with Crippen LogP contribution in [-0.2, 0) is 6.54 Å². The van der Waals surface area contributed by atoms with Gasteiger partial charge in [-0.2, -0.15) is 0 Å². The number of hydrogen-bond acceptors (Lipinski definition) is 4. The van der Waals surface area contributed by atoms with Gasteiger partial charge in [-0.1, -0.05) is 18.2 Å². The van der Waals surface area contributed by atoms with Crippen molar-refractivity contribution in [3.8, 4) is 5.75 Å². The predicted molar refractivity (Wildman–Crippen MR) is 77.3 cm³/mol. The van der Waals surface area contributed by atoms with Gasteiger partial charge < -0.3 is 10.1 Å². The third-order valence-corrected chi connectivity index (χ3v) is 2.93. The molecule has 0 aliphatic rings. The highest BCUT2D eigenvalue weighted by atomic mass is 16.6. The lowest BCUT2D eigenvalue weighted by Crippen LogP contribution is -2.22. The third kappa shape index (κ3) is 3.79. The van der Waals surface area contributed by atoms with E-state index in [4.69, 9.17) is 4.74 Å². The summed E-state index contributed by atoms with van der Waals surface area (Å²) in [5.41, 5.74) is 1.07. The van der Waals surface area contributed by atoms with E-state index < -0.39 is 4.92 Å². The fourth-order valence-corrected chi connectivity index (χ4v) is 1.79. The number of nitrogens with one attached hydrogen (secondary N) is 1. The summed E-state index contributed by atoms with van der Waals surface area (Å²) < 4.78 is 5.05. The Bertz CT molecular complexity index is 653. The summed E-state index contributed by atoms with van der Waals surface area (Å²) in [5.74, 6) is 0.387. The molecule has 1 N–H and O–H groups in total. The molecule has 6 nitrogen and oxygen atoms in total. The van der Waals surface area contributed by atoms with Crippen LogP contribution in [0.15, 0.2) is 48.5 Å². The topological polar surface area (TPSA) is 81.5 Å². The van der Waals surface area contributed by atoms with Crippen molar-refractivity contribution in [3.63, 3.8) is 0 Å². The minimum absolute atomic E-state index is 0.105. The van der Waals surface area contributed by atoms with Crippen LogP contribution in [0.5, 0.6) is 5.75 Å². The molecule has 0 aliphatic carbocycles. The fourth-order valence-electron chi connectivity index (χ4n) is 1.79. The van der Waals surface area contributed by atoms with Crippen LogP contribution in [0.1, 0.15) is 15.9 Å². The van der Waals surface area contributed by atoms with Crippen LogP contribution >= 0.6 is 0 Å². The van der Waals surface area contributed by atoms with Gasteiger partial charge in [-0.3, -0.25) is 14.9 Å². The molecule has 0 fully saturated rings. The number of ether oxygens (including phenoxy) is 1. The molecule has 0 saturated carbocycles. The molecule has 0 spiro atoms. The Hall–Kier alpha value is -2.89. The second kappa shape index (κ2) is 6.51. The molecule has 0 radical (unpaired) electrons. The highest BCUT2D eigenvalue weighted by Gasteiger charge is 2.11. The molecular weight excluding hydrogens is 272 g/mol. The first kappa shape index (κ1) is 14.5. The first-order valence-corrected chi connectivity index (χ1v) is 6.26. The molecule has 0 aromatic heterocycles. The molecule has 2 aromatic rings. The molecule has 21 heavy (non-hydrogen) atoms. The molecule has 0 heterocycles. The number of hydrogen-bond donors (Lipinski definition) is 1. The van der Waals surface area contributed by atoms with E-state index in [0.717, 1.165) is 11.3 Å². The van der Waals surface area contributed by atoms with Crippen molar-refractivity contribution in [2.45, 2.75) is 6.54 Å². The highest BCUT2D eigenvalue weighted by molar-refractivity contribution is 5.94. The summed E-state index contributed by atoms with van der Waals surface area (Å²) >= 11 is 0. The number of amides is 1. The molecular formula is C15H14N2O4. The van der Waals surface area contributed by atoms with Crippen LogP contribution in [-0.4, -0.2) is 17.9 Å². The molecule has 0 atom stereocenters. The van der Waals surface area contributed by atoms with Crippen molar-refractivity contribution in [1.82, 2.24) is 5.32 Å². The Balaban J connectivity index is 2.00. The lowest BCUT2D eigenvalue weighted by atomic mass is 10.1. The van der Waals surface area contributed by atoms with Gasteiger partial charge in [-0.05, 0) is 23.8 Å². The molecule has 0 bridgehead atoms. The monoisotopic (exact) mass is 286 g/mol. The zero-order valence-electron chi connectivity index (χ0n) is 11.4. The molecule has 108 valence electrons. The number of rotatable bonds is 5. The van der Waals surface area contributed by atoms with Crippen LogP contribution in [0.4, 0.5) is 5.69 Å². The summed E-state index contributed by atoms with van der Waals surface area (Å²) in [5, 5.41) is 13.4. The first-order chi connectivity index (χ1) is 10.1. The lowest BCUT2D eigenvalue weighted by Gasteiger charge is -2.06. The molecule has 6 heteroatoms. The minimum atomic E-state index is -0.528. The van der Waals surface area contributed by atoms with Gasteiger partial charge in [0.15, 0.2) is 0 Å². The van der Waals surface area contributed by atoms with E-state index >= 15 is 0 Å². The average Bonchev–Trinajstić information content (AvgIpc) is 2.53. The van der Waals surface area contributed by atoms with Crippen molar-refractivity contribution < 1.29 is 14.5 Å². The maximum absolute atomic E-state index is 12.0. The minimum Gasteiger partial charge on any atom is -0.497 e. The Morgan fingerprint density at radius 3 is 2.57 bits per heavy atom. The standard InChI is InChI=1S/C15H14N2O4/c1-21-14-7-5-11(6-8-14)10-16-15(18)12-3-2-4-13(9-12)17(19)20/h2-9H,10H2,1H3,(H,16,18). The maximum atomic E-state index is 12.0. The first-order valence-electron chi connectivity index (χ1n) is 6.26. The predicted octanol–water partition coefficient (Wildman–Crippen LogP) is 2.53. The SMILES string of the molecule is COc1ccc(CNC(=O)c2cccc([N+](=O)[O-])c2)cc1. The zero-order chi connectivity index (χ0) is 15.2. The second-order valence-electron chi connectivity index (χ2n) is 4.34. The number of carbonyl (C=O) groups is 1. The van der Waals surface area contributed by atoms with Gasteiger partial charge in [0.05, 0.1) is 12.0 Å². The highest BCUT2D eigenvalue weighted by Crippen LogP contribution is 2.14.